The van der Waals surface area contributed by atoms with E-state index in [2.05, 4.69) is 72.0 Å². The van der Waals surface area contributed by atoms with Crippen molar-refractivity contribution < 1.29 is 4.79 Å². The molecule has 4 saturated carbocycles. The van der Waals surface area contributed by atoms with Gasteiger partial charge in [-0.15, -0.1) is 11.8 Å². The van der Waals surface area contributed by atoms with Gasteiger partial charge in [-0.3, -0.25) is 4.79 Å². The predicted molar refractivity (Wildman–Crippen MR) is 130 cm³/mol. The van der Waals surface area contributed by atoms with Gasteiger partial charge in [-0.05, 0) is 96.2 Å². The molecule has 158 valence electrons. The normalized spacial score (nSPS) is 28.7. The minimum absolute atomic E-state index is 0.0560. The molecular weight excluding hydrogens is 398 g/mol. The summed E-state index contributed by atoms with van der Waals surface area (Å²) < 4.78 is 0. The molecule has 0 saturated heterocycles. The highest BCUT2D eigenvalue weighted by atomic mass is 32.2. The van der Waals surface area contributed by atoms with E-state index in [9.17, 15) is 4.79 Å². The molecule has 1 amide bonds. The average Bonchev–Trinajstić information content (AvgIpc) is 2.77. The fraction of sp³-hybridized carbons (Fsp3) is 0.393. The van der Waals surface area contributed by atoms with Gasteiger partial charge < -0.3 is 5.32 Å². The van der Waals surface area contributed by atoms with Crippen LogP contribution in [-0.4, -0.2) is 11.7 Å². The van der Waals surface area contributed by atoms with Gasteiger partial charge >= 0.3 is 0 Å². The molecule has 1 N–H and O–H groups in total. The average molecular weight is 428 g/mol. The number of rotatable bonds is 5. The molecule has 31 heavy (non-hydrogen) atoms. The van der Waals surface area contributed by atoms with Gasteiger partial charge in [0.15, 0.2) is 0 Å². The van der Waals surface area contributed by atoms with Gasteiger partial charge in [0.05, 0.1) is 5.75 Å². The lowest BCUT2D eigenvalue weighted by Crippen LogP contribution is -2.48. The predicted octanol–water partition coefficient (Wildman–Crippen LogP) is 7.04. The van der Waals surface area contributed by atoms with Crippen LogP contribution >= 0.6 is 11.8 Å². The number of anilines is 1. The molecule has 4 aliphatic carbocycles. The van der Waals surface area contributed by atoms with Gasteiger partial charge in [0.1, 0.15) is 0 Å². The summed E-state index contributed by atoms with van der Waals surface area (Å²) in [6.07, 6.45) is 8.57. The highest BCUT2D eigenvalue weighted by Crippen LogP contribution is 2.60. The topological polar surface area (TPSA) is 29.1 Å². The molecule has 0 unspecified atom stereocenters. The van der Waals surface area contributed by atoms with Gasteiger partial charge in [0.25, 0.3) is 0 Å². The van der Waals surface area contributed by atoms with Gasteiger partial charge in [-0.1, -0.05) is 48.5 Å². The number of nitrogens with one attached hydrogen (secondary N) is 1. The Hall–Kier alpha value is -2.26. The van der Waals surface area contributed by atoms with Crippen LogP contribution in [0.1, 0.15) is 44.1 Å². The molecule has 0 spiro atoms. The Morgan fingerprint density at radius 2 is 1.48 bits per heavy atom. The van der Waals surface area contributed by atoms with Crippen molar-refractivity contribution in [3.05, 3.63) is 72.3 Å². The zero-order chi connectivity index (χ0) is 20.8. The Morgan fingerprint density at radius 1 is 0.839 bits per heavy atom. The van der Waals surface area contributed by atoms with Crippen LogP contribution in [0.25, 0.3) is 10.8 Å². The first-order chi connectivity index (χ1) is 15.2. The first-order valence-corrected chi connectivity index (χ1v) is 12.7. The van der Waals surface area contributed by atoms with Crippen LogP contribution in [0.3, 0.4) is 0 Å². The van der Waals surface area contributed by atoms with Crippen molar-refractivity contribution >= 4 is 34.1 Å². The van der Waals surface area contributed by atoms with Crippen molar-refractivity contribution in [1.82, 2.24) is 0 Å². The van der Waals surface area contributed by atoms with Crippen LogP contribution in [0.4, 0.5) is 5.69 Å². The van der Waals surface area contributed by atoms with Crippen LogP contribution in [0.2, 0.25) is 0 Å². The van der Waals surface area contributed by atoms with E-state index >= 15 is 0 Å². The van der Waals surface area contributed by atoms with E-state index in [1.807, 2.05) is 0 Å². The third-order valence-corrected chi connectivity index (χ3v) is 9.00. The van der Waals surface area contributed by atoms with Gasteiger partial charge in [0.2, 0.25) is 5.91 Å². The van der Waals surface area contributed by atoms with Crippen LogP contribution in [-0.2, 0) is 10.2 Å². The third-order valence-electron chi connectivity index (χ3n) is 7.93. The van der Waals surface area contributed by atoms with E-state index in [1.165, 1.54) is 54.9 Å². The second-order valence-corrected chi connectivity index (χ2v) is 11.1. The van der Waals surface area contributed by atoms with E-state index in [0.717, 1.165) is 28.3 Å². The molecule has 3 aromatic carbocycles. The minimum Gasteiger partial charge on any atom is -0.325 e. The molecular formula is C28H29NOS. The second-order valence-electron chi connectivity index (χ2n) is 10.1. The molecule has 0 aliphatic heterocycles. The van der Waals surface area contributed by atoms with E-state index in [1.54, 1.807) is 11.8 Å². The van der Waals surface area contributed by atoms with Crippen LogP contribution in [0.5, 0.6) is 0 Å². The maximum Gasteiger partial charge on any atom is 0.234 e. The summed E-state index contributed by atoms with van der Waals surface area (Å²) in [5.74, 6) is 3.34. The van der Waals surface area contributed by atoms with E-state index < -0.39 is 0 Å². The Morgan fingerprint density at radius 3 is 2.19 bits per heavy atom. The van der Waals surface area contributed by atoms with E-state index in [0.29, 0.717) is 11.2 Å². The molecule has 4 aliphatic rings. The number of amides is 1. The summed E-state index contributed by atoms with van der Waals surface area (Å²) in [5.41, 5.74) is 2.84. The maximum atomic E-state index is 12.6. The van der Waals surface area contributed by atoms with Gasteiger partial charge in [0, 0.05) is 10.6 Å². The summed E-state index contributed by atoms with van der Waals surface area (Å²) in [7, 11) is 0. The first kappa shape index (κ1) is 19.4. The molecule has 2 nitrogen and oxygen atoms in total. The number of fused-ring (bicyclic) bond motifs is 1. The number of benzene rings is 3. The monoisotopic (exact) mass is 427 g/mol. The molecule has 0 radical (unpaired) electrons. The van der Waals surface area contributed by atoms with Crippen molar-refractivity contribution in [3.8, 4) is 0 Å². The summed E-state index contributed by atoms with van der Waals surface area (Å²) in [6, 6.07) is 23.4. The van der Waals surface area contributed by atoms with Crippen molar-refractivity contribution in [2.45, 2.75) is 48.8 Å². The first-order valence-electron chi connectivity index (χ1n) is 11.7. The largest absolute Gasteiger partial charge is 0.325 e. The second kappa shape index (κ2) is 7.70. The van der Waals surface area contributed by atoms with Gasteiger partial charge in [-0.2, -0.15) is 0 Å². The lowest BCUT2D eigenvalue weighted by Gasteiger charge is -2.57. The Kier molecular flexibility index (Phi) is 4.83. The molecule has 7 rings (SSSR count). The van der Waals surface area contributed by atoms with Crippen molar-refractivity contribution in [1.29, 1.82) is 0 Å². The molecule has 0 aromatic heterocycles. The molecule has 4 fully saturated rings. The number of hydrogen-bond donors (Lipinski definition) is 1. The van der Waals surface area contributed by atoms with E-state index in [4.69, 9.17) is 0 Å². The maximum absolute atomic E-state index is 12.6. The highest BCUT2D eigenvalue weighted by Gasteiger charge is 2.51. The summed E-state index contributed by atoms with van der Waals surface area (Å²) in [6.45, 7) is 0. The highest BCUT2D eigenvalue weighted by molar-refractivity contribution is 8.00. The minimum atomic E-state index is 0.0560. The SMILES string of the molecule is O=C(CSc1cccc2ccccc12)Nc1ccc(C23CC4CC(CC(C4)C2)C3)cc1. The van der Waals surface area contributed by atoms with Crippen LogP contribution in [0, 0.1) is 17.8 Å². The van der Waals surface area contributed by atoms with Crippen LogP contribution in [0.15, 0.2) is 71.6 Å². The summed E-state index contributed by atoms with van der Waals surface area (Å²) in [4.78, 5) is 13.8. The summed E-state index contributed by atoms with van der Waals surface area (Å²) >= 11 is 1.61. The number of thioether (sulfide) groups is 1. The Balaban J connectivity index is 1.11. The fourth-order valence-corrected chi connectivity index (χ4v) is 7.91. The number of carbonyl (C=O) groups excluding carboxylic acids is 1. The van der Waals surface area contributed by atoms with Crippen molar-refractivity contribution in [2.24, 2.45) is 17.8 Å². The smallest absolute Gasteiger partial charge is 0.234 e. The zero-order valence-corrected chi connectivity index (χ0v) is 18.7. The lowest BCUT2D eigenvalue weighted by atomic mass is 9.48. The Bertz CT molecular complexity index is 1080. The Labute approximate surface area is 188 Å². The quantitative estimate of drug-likeness (QED) is 0.443. The van der Waals surface area contributed by atoms with Crippen molar-refractivity contribution in [3.63, 3.8) is 0 Å². The van der Waals surface area contributed by atoms with Gasteiger partial charge in [-0.25, -0.2) is 0 Å². The molecule has 0 heterocycles. The number of hydrogen-bond acceptors (Lipinski definition) is 2. The fourth-order valence-electron chi connectivity index (χ4n) is 7.03. The standard InChI is InChI=1S/C28H29NOS/c30-27(18-31-26-7-3-5-22-4-1-2-6-25(22)26)29-24-10-8-23(9-11-24)28-15-19-12-20(16-28)14-21(13-19)17-28/h1-11,19-21H,12-18H2,(H,29,30). The van der Waals surface area contributed by atoms with Crippen LogP contribution < -0.4 is 5.32 Å². The number of carbonyl (C=O) groups is 1. The lowest BCUT2D eigenvalue weighted by molar-refractivity contribution is -0.113. The third kappa shape index (κ3) is 3.67. The summed E-state index contributed by atoms with van der Waals surface area (Å²) in [5, 5.41) is 5.53. The molecule has 3 heteroatoms. The van der Waals surface area contributed by atoms with E-state index in [-0.39, 0.29) is 5.91 Å². The molecule has 4 bridgehead atoms. The molecule has 0 atom stereocenters. The molecule has 3 aromatic rings. The van der Waals surface area contributed by atoms with Crippen molar-refractivity contribution in [2.75, 3.05) is 11.1 Å². The zero-order valence-electron chi connectivity index (χ0n) is 17.8.